The van der Waals surface area contributed by atoms with Gasteiger partial charge < -0.3 is 9.64 Å². The Morgan fingerprint density at radius 3 is 3.00 bits per heavy atom. The molecule has 4 heteroatoms. The zero-order chi connectivity index (χ0) is 11.2. The predicted molar refractivity (Wildman–Crippen MR) is 56.5 cm³/mol. The lowest BCUT2D eigenvalue weighted by molar-refractivity contribution is -0.152. The summed E-state index contributed by atoms with van der Waals surface area (Å²) in [5, 5.41) is 0. The van der Waals surface area contributed by atoms with Gasteiger partial charge in [-0.1, -0.05) is 0 Å². The SMILES string of the molecule is O=C1C=C[C@@]2(CCCCN3C(=O)CC[C@H]32)O1. The molecule has 0 bridgehead atoms. The zero-order valence-electron chi connectivity index (χ0n) is 9.15. The second kappa shape index (κ2) is 3.34. The van der Waals surface area contributed by atoms with Crippen molar-refractivity contribution in [1.29, 1.82) is 0 Å². The van der Waals surface area contributed by atoms with E-state index in [0.717, 1.165) is 32.2 Å². The van der Waals surface area contributed by atoms with Gasteiger partial charge in [-0.15, -0.1) is 0 Å². The van der Waals surface area contributed by atoms with Gasteiger partial charge >= 0.3 is 5.97 Å². The van der Waals surface area contributed by atoms with Crippen molar-refractivity contribution < 1.29 is 14.3 Å². The third-order valence-electron chi connectivity index (χ3n) is 3.90. The third kappa shape index (κ3) is 1.29. The Morgan fingerprint density at radius 1 is 1.38 bits per heavy atom. The first kappa shape index (κ1) is 9.87. The quantitative estimate of drug-likeness (QED) is 0.574. The van der Waals surface area contributed by atoms with Crippen LogP contribution >= 0.6 is 0 Å². The van der Waals surface area contributed by atoms with E-state index >= 15 is 0 Å². The van der Waals surface area contributed by atoms with E-state index in [0.29, 0.717) is 6.42 Å². The highest BCUT2D eigenvalue weighted by molar-refractivity contribution is 5.86. The number of carbonyl (C=O) groups is 2. The van der Waals surface area contributed by atoms with Gasteiger partial charge in [0, 0.05) is 19.0 Å². The highest BCUT2D eigenvalue weighted by atomic mass is 16.6. The summed E-state index contributed by atoms with van der Waals surface area (Å²) < 4.78 is 5.49. The summed E-state index contributed by atoms with van der Waals surface area (Å²) in [4.78, 5) is 24.9. The van der Waals surface area contributed by atoms with Gasteiger partial charge in [-0.05, 0) is 31.8 Å². The first-order valence-electron chi connectivity index (χ1n) is 5.93. The number of nitrogens with zero attached hydrogens (tertiary/aromatic N) is 1. The van der Waals surface area contributed by atoms with Gasteiger partial charge in [0.2, 0.25) is 5.91 Å². The highest BCUT2D eigenvalue weighted by Gasteiger charge is 2.50. The van der Waals surface area contributed by atoms with Crippen LogP contribution in [0.1, 0.15) is 32.1 Å². The fraction of sp³-hybridized carbons (Fsp3) is 0.667. The largest absolute Gasteiger partial charge is 0.449 e. The number of fused-ring (bicyclic) bond motifs is 2. The Kier molecular flexibility index (Phi) is 2.06. The minimum Gasteiger partial charge on any atom is -0.449 e. The molecule has 0 unspecified atom stereocenters. The first-order chi connectivity index (χ1) is 7.71. The summed E-state index contributed by atoms with van der Waals surface area (Å²) in [6, 6.07) is 0.0743. The van der Waals surface area contributed by atoms with E-state index in [9.17, 15) is 9.59 Å². The summed E-state index contributed by atoms with van der Waals surface area (Å²) in [5.74, 6) is -0.0520. The van der Waals surface area contributed by atoms with Crippen molar-refractivity contribution in [2.24, 2.45) is 0 Å². The fourth-order valence-corrected chi connectivity index (χ4v) is 3.15. The molecule has 1 spiro atoms. The molecule has 2 saturated heterocycles. The Bertz CT molecular complexity index is 376. The van der Waals surface area contributed by atoms with E-state index in [1.54, 1.807) is 0 Å². The number of rotatable bonds is 0. The summed E-state index contributed by atoms with van der Waals surface area (Å²) in [7, 11) is 0. The van der Waals surface area contributed by atoms with Crippen LogP contribution in [0.4, 0.5) is 0 Å². The molecule has 0 radical (unpaired) electrons. The Balaban J connectivity index is 1.95. The van der Waals surface area contributed by atoms with Crippen molar-refractivity contribution in [3.05, 3.63) is 12.2 Å². The minimum atomic E-state index is -0.514. The molecule has 3 aliphatic rings. The van der Waals surface area contributed by atoms with E-state index in [1.165, 1.54) is 6.08 Å². The van der Waals surface area contributed by atoms with E-state index in [2.05, 4.69) is 0 Å². The van der Waals surface area contributed by atoms with Crippen LogP contribution in [0.5, 0.6) is 0 Å². The number of hydrogen-bond acceptors (Lipinski definition) is 3. The highest BCUT2D eigenvalue weighted by Crippen LogP contribution is 2.40. The lowest BCUT2D eigenvalue weighted by Gasteiger charge is -2.35. The fourth-order valence-electron chi connectivity index (χ4n) is 3.15. The normalized spacial score (nSPS) is 37.8. The van der Waals surface area contributed by atoms with Crippen LogP contribution < -0.4 is 0 Å². The summed E-state index contributed by atoms with van der Waals surface area (Å²) in [6.07, 6.45) is 7.66. The molecule has 0 aromatic heterocycles. The Morgan fingerprint density at radius 2 is 2.25 bits per heavy atom. The van der Waals surface area contributed by atoms with Crippen LogP contribution in [0.25, 0.3) is 0 Å². The average molecular weight is 221 g/mol. The van der Waals surface area contributed by atoms with Crippen molar-refractivity contribution in [3.8, 4) is 0 Å². The maximum Gasteiger partial charge on any atom is 0.331 e. The molecule has 3 heterocycles. The van der Waals surface area contributed by atoms with Gasteiger partial charge in [-0.3, -0.25) is 4.79 Å². The number of hydrogen-bond donors (Lipinski definition) is 0. The number of amides is 1. The van der Waals surface area contributed by atoms with Crippen LogP contribution in [0, 0.1) is 0 Å². The topological polar surface area (TPSA) is 46.6 Å². The Labute approximate surface area is 94.2 Å². The first-order valence-corrected chi connectivity index (χ1v) is 5.93. The third-order valence-corrected chi connectivity index (χ3v) is 3.90. The van der Waals surface area contributed by atoms with E-state index in [1.807, 2.05) is 11.0 Å². The molecular weight excluding hydrogens is 206 g/mol. The van der Waals surface area contributed by atoms with E-state index in [-0.39, 0.29) is 17.9 Å². The van der Waals surface area contributed by atoms with Gasteiger partial charge in [-0.2, -0.15) is 0 Å². The van der Waals surface area contributed by atoms with Gasteiger partial charge in [0.1, 0.15) is 0 Å². The van der Waals surface area contributed by atoms with Crippen molar-refractivity contribution in [2.75, 3.05) is 6.54 Å². The molecule has 3 rings (SSSR count). The van der Waals surface area contributed by atoms with Gasteiger partial charge in [0.05, 0.1) is 6.04 Å². The van der Waals surface area contributed by atoms with Crippen molar-refractivity contribution in [3.63, 3.8) is 0 Å². The van der Waals surface area contributed by atoms with Gasteiger partial charge in [0.25, 0.3) is 0 Å². The summed E-state index contributed by atoms with van der Waals surface area (Å²) in [6.45, 7) is 0.816. The molecule has 1 amide bonds. The van der Waals surface area contributed by atoms with E-state index in [4.69, 9.17) is 4.74 Å². The second-order valence-electron chi connectivity index (χ2n) is 4.81. The lowest BCUT2D eigenvalue weighted by atomic mass is 9.88. The van der Waals surface area contributed by atoms with E-state index < -0.39 is 5.60 Å². The second-order valence-corrected chi connectivity index (χ2v) is 4.81. The van der Waals surface area contributed by atoms with Crippen LogP contribution in [0.15, 0.2) is 12.2 Å². The molecule has 0 aliphatic carbocycles. The monoisotopic (exact) mass is 221 g/mol. The summed E-state index contributed by atoms with van der Waals surface area (Å²) in [5.41, 5.74) is -0.514. The van der Waals surface area contributed by atoms with Crippen LogP contribution in [0.2, 0.25) is 0 Å². The minimum absolute atomic E-state index is 0.0743. The molecular formula is C12H15NO3. The van der Waals surface area contributed by atoms with Crippen LogP contribution in [-0.2, 0) is 14.3 Å². The zero-order valence-corrected chi connectivity index (χ0v) is 9.15. The maximum absolute atomic E-state index is 11.7. The molecule has 16 heavy (non-hydrogen) atoms. The van der Waals surface area contributed by atoms with Gasteiger partial charge in [-0.25, -0.2) is 4.79 Å². The molecule has 0 N–H and O–H groups in total. The molecule has 0 saturated carbocycles. The smallest absolute Gasteiger partial charge is 0.331 e. The van der Waals surface area contributed by atoms with Crippen LogP contribution in [0.3, 0.4) is 0 Å². The number of esters is 1. The molecule has 2 fully saturated rings. The predicted octanol–water partition coefficient (Wildman–Crippen LogP) is 1.01. The molecule has 0 aromatic rings. The molecule has 2 atom stereocenters. The molecule has 86 valence electrons. The maximum atomic E-state index is 11.7. The average Bonchev–Trinajstić information content (AvgIpc) is 2.73. The number of ether oxygens (including phenoxy) is 1. The van der Waals surface area contributed by atoms with Crippen molar-refractivity contribution in [1.82, 2.24) is 4.90 Å². The van der Waals surface area contributed by atoms with Crippen molar-refractivity contribution in [2.45, 2.75) is 43.7 Å². The standard InChI is InChI=1S/C12H15NO3/c14-10-4-3-9-12(7-5-11(15)16-12)6-1-2-8-13(9)10/h5,7,9H,1-4,6,8H2/t9-,12+/m0/s1. The van der Waals surface area contributed by atoms with Crippen LogP contribution in [-0.4, -0.2) is 35.0 Å². The molecule has 4 nitrogen and oxygen atoms in total. The lowest BCUT2D eigenvalue weighted by Crippen LogP contribution is -2.49. The summed E-state index contributed by atoms with van der Waals surface area (Å²) >= 11 is 0. The van der Waals surface area contributed by atoms with Gasteiger partial charge in [0.15, 0.2) is 5.60 Å². The number of carbonyl (C=O) groups excluding carboxylic acids is 2. The Hall–Kier alpha value is -1.32. The molecule has 0 aromatic carbocycles. The molecule has 3 aliphatic heterocycles. The van der Waals surface area contributed by atoms with Crippen molar-refractivity contribution >= 4 is 11.9 Å².